The number of carbonyl (C=O) groups excluding carboxylic acids is 4. The summed E-state index contributed by atoms with van der Waals surface area (Å²) in [6, 6.07) is 5.80. The zero-order valence-electron chi connectivity index (χ0n) is 15.4. The van der Waals surface area contributed by atoms with Crippen LogP contribution < -0.4 is 21.5 Å². The third-order valence-corrected chi connectivity index (χ3v) is 2.69. The number of nitrogens with one attached hydrogen (secondary N) is 4. The average molecular weight is 364 g/mol. The standard InChI is InChI=1S/C17H24N4O5/c1-10(2)18-14(23)15(24)21-20-13(22)11-7-6-8-12(9-11)19-16(25)26-17(3,4)5/h6-10H,1-5H3,(H,18,23)(H,19,25)(H,20,22)(H,21,24). The maximum atomic E-state index is 12.1. The van der Waals surface area contributed by atoms with Gasteiger partial charge in [-0.3, -0.25) is 30.6 Å². The molecule has 9 nitrogen and oxygen atoms in total. The number of anilines is 1. The minimum Gasteiger partial charge on any atom is -0.444 e. The van der Waals surface area contributed by atoms with Crippen LogP contribution in [0.5, 0.6) is 0 Å². The Morgan fingerprint density at radius 1 is 1.00 bits per heavy atom. The summed E-state index contributed by atoms with van der Waals surface area (Å²) in [5.41, 5.74) is 4.00. The van der Waals surface area contributed by atoms with E-state index in [0.717, 1.165) is 0 Å². The maximum absolute atomic E-state index is 12.1. The first-order chi connectivity index (χ1) is 12.0. The van der Waals surface area contributed by atoms with E-state index in [1.165, 1.54) is 12.1 Å². The fourth-order valence-electron chi connectivity index (χ4n) is 1.73. The lowest BCUT2D eigenvalue weighted by molar-refractivity contribution is -0.139. The van der Waals surface area contributed by atoms with Crippen LogP contribution in [0.25, 0.3) is 0 Å². The number of ether oxygens (including phenoxy) is 1. The van der Waals surface area contributed by atoms with E-state index in [1.807, 2.05) is 5.43 Å². The Balaban J connectivity index is 2.64. The monoisotopic (exact) mass is 364 g/mol. The van der Waals surface area contributed by atoms with Gasteiger partial charge >= 0.3 is 17.9 Å². The molecule has 142 valence electrons. The fraction of sp³-hybridized carbons (Fsp3) is 0.412. The van der Waals surface area contributed by atoms with Crippen LogP contribution in [-0.2, 0) is 14.3 Å². The van der Waals surface area contributed by atoms with Crippen LogP contribution in [0.4, 0.5) is 10.5 Å². The lowest BCUT2D eigenvalue weighted by Crippen LogP contribution is -2.49. The molecule has 4 N–H and O–H groups in total. The molecule has 9 heteroatoms. The highest BCUT2D eigenvalue weighted by Gasteiger charge is 2.18. The van der Waals surface area contributed by atoms with Gasteiger partial charge in [-0.25, -0.2) is 4.79 Å². The Bertz CT molecular complexity index is 695. The third kappa shape index (κ3) is 7.65. The first-order valence-electron chi connectivity index (χ1n) is 7.99. The molecule has 0 fully saturated rings. The summed E-state index contributed by atoms with van der Waals surface area (Å²) < 4.78 is 5.13. The quantitative estimate of drug-likeness (QED) is 0.475. The molecule has 0 radical (unpaired) electrons. The van der Waals surface area contributed by atoms with Crippen molar-refractivity contribution in [3.05, 3.63) is 29.8 Å². The van der Waals surface area contributed by atoms with Crippen molar-refractivity contribution >= 4 is 29.5 Å². The van der Waals surface area contributed by atoms with Crippen molar-refractivity contribution in [3.63, 3.8) is 0 Å². The Kier molecular flexibility index (Phi) is 7.12. The molecule has 0 saturated heterocycles. The second-order valence-corrected chi connectivity index (χ2v) is 6.74. The zero-order valence-corrected chi connectivity index (χ0v) is 15.4. The molecular formula is C17H24N4O5. The molecule has 0 heterocycles. The zero-order chi connectivity index (χ0) is 19.9. The van der Waals surface area contributed by atoms with Gasteiger partial charge in [-0.15, -0.1) is 0 Å². The summed E-state index contributed by atoms with van der Waals surface area (Å²) in [5.74, 6) is -2.50. The van der Waals surface area contributed by atoms with Crippen LogP contribution in [0.1, 0.15) is 45.0 Å². The largest absolute Gasteiger partial charge is 0.444 e. The molecule has 26 heavy (non-hydrogen) atoms. The van der Waals surface area contributed by atoms with Crippen molar-refractivity contribution in [1.29, 1.82) is 0 Å². The van der Waals surface area contributed by atoms with Crippen LogP contribution >= 0.6 is 0 Å². The topological polar surface area (TPSA) is 126 Å². The minimum atomic E-state index is -0.991. The van der Waals surface area contributed by atoms with Crippen molar-refractivity contribution in [3.8, 4) is 0 Å². The van der Waals surface area contributed by atoms with E-state index in [2.05, 4.69) is 16.1 Å². The summed E-state index contributed by atoms with van der Waals surface area (Å²) in [5, 5.41) is 4.90. The van der Waals surface area contributed by atoms with E-state index in [4.69, 9.17) is 4.74 Å². The molecule has 4 amide bonds. The van der Waals surface area contributed by atoms with Crippen molar-refractivity contribution in [2.45, 2.75) is 46.3 Å². The molecule has 0 unspecified atom stereocenters. The van der Waals surface area contributed by atoms with Crippen molar-refractivity contribution in [1.82, 2.24) is 16.2 Å². The van der Waals surface area contributed by atoms with E-state index in [0.29, 0.717) is 5.69 Å². The Morgan fingerprint density at radius 2 is 1.65 bits per heavy atom. The number of hydrogen-bond donors (Lipinski definition) is 4. The van der Waals surface area contributed by atoms with E-state index < -0.39 is 29.4 Å². The number of hydrazine groups is 1. The summed E-state index contributed by atoms with van der Waals surface area (Å²) in [6.07, 6.45) is -0.659. The van der Waals surface area contributed by atoms with E-state index >= 15 is 0 Å². The van der Waals surface area contributed by atoms with Gasteiger partial charge in [0.2, 0.25) is 0 Å². The van der Waals surface area contributed by atoms with Crippen molar-refractivity contribution in [2.75, 3.05) is 5.32 Å². The first kappa shape index (κ1) is 20.9. The summed E-state index contributed by atoms with van der Waals surface area (Å²) in [7, 11) is 0. The highest BCUT2D eigenvalue weighted by atomic mass is 16.6. The number of benzene rings is 1. The lowest BCUT2D eigenvalue weighted by atomic mass is 10.2. The van der Waals surface area contributed by atoms with Gasteiger partial charge in [-0.1, -0.05) is 6.07 Å². The van der Waals surface area contributed by atoms with Gasteiger partial charge in [-0.05, 0) is 52.8 Å². The van der Waals surface area contributed by atoms with Crippen LogP contribution in [0.15, 0.2) is 24.3 Å². The molecule has 0 aliphatic heterocycles. The highest BCUT2D eigenvalue weighted by molar-refractivity contribution is 6.35. The fourth-order valence-corrected chi connectivity index (χ4v) is 1.73. The van der Waals surface area contributed by atoms with Gasteiger partial charge in [0.15, 0.2) is 0 Å². The normalized spacial score (nSPS) is 10.7. The molecule has 0 bridgehead atoms. The predicted octanol–water partition coefficient (Wildman–Crippen LogP) is 1.32. The van der Waals surface area contributed by atoms with E-state index in [1.54, 1.807) is 46.8 Å². The lowest BCUT2D eigenvalue weighted by Gasteiger charge is -2.19. The Hall–Kier alpha value is -3.10. The molecule has 0 aliphatic rings. The first-order valence-corrected chi connectivity index (χ1v) is 7.99. The molecule has 1 aromatic rings. The van der Waals surface area contributed by atoms with Gasteiger partial charge in [0, 0.05) is 17.3 Å². The number of amides is 4. The second-order valence-electron chi connectivity index (χ2n) is 6.74. The predicted molar refractivity (Wildman–Crippen MR) is 95.2 cm³/mol. The summed E-state index contributed by atoms with van der Waals surface area (Å²) in [6.45, 7) is 8.59. The van der Waals surface area contributed by atoms with Gasteiger partial charge in [-0.2, -0.15) is 0 Å². The van der Waals surface area contributed by atoms with Gasteiger partial charge in [0.1, 0.15) is 5.60 Å². The number of rotatable bonds is 3. The number of carbonyl (C=O) groups is 4. The molecular weight excluding hydrogens is 340 g/mol. The second kappa shape index (κ2) is 8.84. The van der Waals surface area contributed by atoms with Crippen molar-refractivity contribution in [2.24, 2.45) is 0 Å². The van der Waals surface area contributed by atoms with Gasteiger partial charge < -0.3 is 10.1 Å². The van der Waals surface area contributed by atoms with E-state index in [-0.39, 0.29) is 11.6 Å². The van der Waals surface area contributed by atoms with Crippen LogP contribution in [0.3, 0.4) is 0 Å². The average Bonchev–Trinajstić information content (AvgIpc) is 2.49. The van der Waals surface area contributed by atoms with Crippen molar-refractivity contribution < 1.29 is 23.9 Å². The molecule has 1 aromatic carbocycles. The molecule has 0 spiro atoms. The molecule has 0 aliphatic carbocycles. The summed E-state index contributed by atoms with van der Waals surface area (Å²) >= 11 is 0. The highest BCUT2D eigenvalue weighted by Crippen LogP contribution is 2.13. The molecule has 0 aromatic heterocycles. The van der Waals surface area contributed by atoms with Crippen LogP contribution in [0, 0.1) is 0 Å². The Labute approximate surface area is 151 Å². The third-order valence-electron chi connectivity index (χ3n) is 2.69. The molecule has 0 atom stereocenters. The van der Waals surface area contributed by atoms with Gasteiger partial charge in [0.05, 0.1) is 0 Å². The Morgan fingerprint density at radius 3 is 2.23 bits per heavy atom. The smallest absolute Gasteiger partial charge is 0.412 e. The summed E-state index contributed by atoms with van der Waals surface area (Å²) in [4.78, 5) is 46.8. The van der Waals surface area contributed by atoms with Crippen LogP contribution in [-0.4, -0.2) is 35.5 Å². The SMILES string of the molecule is CC(C)NC(=O)C(=O)NNC(=O)c1cccc(NC(=O)OC(C)(C)C)c1. The molecule has 0 saturated carbocycles. The maximum Gasteiger partial charge on any atom is 0.412 e. The number of hydrogen-bond acceptors (Lipinski definition) is 5. The molecule has 1 rings (SSSR count). The van der Waals surface area contributed by atoms with E-state index in [9.17, 15) is 19.2 Å². The van der Waals surface area contributed by atoms with Gasteiger partial charge in [0.25, 0.3) is 5.91 Å². The minimum absolute atomic E-state index is 0.170. The van der Waals surface area contributed by atoms with Crippen LogP contribution in [0.2, 0.25) is 0 Å².